The maximum absolute atomic E-state index is 11.9. The molecule has 0 spiro atoms. The summed E-state index contributed by atoms with van der Waals surface area (Å²) in [6.07, 6.45) is 4.17. The second-order valence-corrected chi connectivity index (χ2v) is 8.59. The summed E-state index contributed by atoms with van der Waals surface area (Å²) in [5.74, 6) is 0.954. The smallest absolute Gasteiger partial charge is 0.251 e. The van der Waals surface area contributed by atoms with Gasteiger partial charge >= 0.3 is 0 Å². The normalized spacial score (nSPS) is 14.6. The number of pyridine rings is 1. The number of aliphatic hydroxyl groups is 1. The molecule has 1 atom stereocenters. The number of carbonyl (C=O) groups excluding carboxylic acids is 1. The Labute approximate surface area is 201 Å². The highest BCUT2D eigenvalue weighted by Crippen LogP contribution is 2.35. The van der Waals surface area contributed by atoms with Crippen molar-refractivity contribution in [3.05, 3.63) is 65.6 Å². The summed E-state index contributed by atoms with van der Waals surface area (Å²) < 4.78 is 7.36. The number of rotatable bonds is 6. The van der Waals surface area contributed by atoms with Crippen molar-refractivity contribution in [2.45, 2.75) is 18.9 Å². The van der Waals surface area contributed by atoms with Gasteiger partial charge in [-0.15, -0.1) is 0 Å². The first-order valence-electron chi connectivity index (χ1n) is 10.8. The van der Waals surface area contributed by atoms with Crippen molar-refractivity contribution in [3.63, 3.8) is 0 Å². The Kier molecular flexibility index (Phi) is 5.80. The topological polar surface area (TPSA) is 105 Å². The van der Waals surface area contributed by atoms with E-state index in [9.17, 15) is 9.90 Å². The number of nitrogens with one attached hydrogen (secondary N) is 1. The summed E-state index contributed by atoms with van der Waals surface area (Å²) in [7, 11) is 1.60. The van der Waals surface area contributed by atoms with Gasteiger partial charge in [-0.2, -0.15) is 5.10 Å². The van der Waals surface area contributed by atoms with Crippen LogP contribution in [0.1, 0.15) is 18.4 Å². The number of aromatic nitrogens is 4. The predicted molar refractivity (Wildman–Crippen MR) is 129 cm³/mol. The van der Waals surface area contributed by atoms with Gasteiger partial charge in [0.05, 0.1) is 41.4 Å². The zero-order chi connectivity index (χ0) is 23.8. The molecule has 174 valence electrons. The van der Waals surface area contributed by atoms with E-state index in [2.05, 4.69) is 20.4 Å². The molecule has 0 saturated carbocycles. The number of hydrogen-bond acceptors (Lipinski definition) is 7. The monoisotopic (exact) mass is 478 g/mol. The number of aliphatic hydroxyl groups excluding tert-OH is 1. The molecule has 5 rings (SSSR count). The molecule has 1 fully saturated rings. The van der Waals surface area contributed by atoms with Crippen molar-refractivity contribution in [1.82, 2.24) is 24.5 Å². The number of anilines is 2. The van der Waals surface area contributed by atoms with Gasteiger partial charge in [-0.05, 0) is 36.8 Å². The van der Waals surface area contributed by atoms with E-state index in [1.54, 1.807) is 28.9 Å². The van der Waals surface area contributed by atoms with E-state index in [4.69, 9.17) is 16.3 Å². The van der Waals surface area contributed by atoms with Gasteiger partial charge in [-0.25, -0.2) is 14.5 Å². The molecule has 0 bridgehead atoms. The van der Waals surface area contributed by atoms with Gasteiger partial charge in [0.25, 0.3) is 5.91 Å². The van der Waals surface area contributed by atoms with Gasteiger partial charge in [0, 0.05) is 30.8 Å². The Morgan fingerprint density at radius 2 is 2.09 bits per heavy atom. The van der Waals surface area contributed by atoms with Crippen molar-refractivity contribution < 1.29 is 14.6 Å². The number of hydrogen-bond donors (Lipinski definition) is 2. The molecular weight excluding hydrogens is 456 g/mol. The molecule has 9 nitrogen and oxygen atoms in total. The van der Waals surface area contributed by atoms with Crippen LogP contribution in [-0.4, -0.2) is 61.8 Å². The number of carbonyl (C=O) groups is 1. The summed E-state index contributed by atoms with van der Waals surface area (Å²) >= 11 is 6.42. The minimum Gasteiger partial charge on any atom is -0.495 e. The maximum Gasteiger partial charge on any atom is 0.251 e. The third-order valence-electron chi connectivity index (χ3n) is 5.92. The van der Waals surface area contributed by atoms with Crippen LogP contribution in [0.3, 0.4) is 0 Å². The molecule has 34 heavy (non-hydrogen) atoms. The molecule has 1 aliphatic heterocycles. The second kappa shape index (κ2) is 8.92. The third-order valence-corrected chi connectivity index (χ3v) is 6.20. The maximum atomic E-state index is 11.9. The third kappa shape index (κ3) is 4.04. The Morgan fingerprint density at radius 3 is 2.85 bits per heavy atom. The summed E-state index contributed by atoms with van der Waals surface area (Å²) in [5, 5.41) is 17.5. The van der Waals surface area contributed by atoms with Crippen molar-refractivity contribution in [2.24, 2.45) is 0 Å². The highest BCUT2D eigenvalue weighted by atomic mass is 35.5. The highest BCUT2D eigenvalue weighted by Gasteiger charge is 2.33. The zero-order valence-corrected chi connectivity index (χ0v) is 19.4. The average molecular weight is 479 g/mol. The van der Waals surface area contributed by atoms with Gasteiger partial charge in [-0.3, -0.25) is 4.79 Å². The van der Waals surface area contributed by atoms with Crippen LogP contribution < -0.4 is 10.1 Å². The quantitative estimate of drug-likeness (QED) is 0.437. The van der Waals surface area contributed by atoms with Crippen LogP contribution >= 0.6 is 11.6 Å². The zero-order valence-electron chi connectivity index (χ0n) is 18.6. The molecule has 2 N–H and O–H groups in total. The molecule has 0 radical (unpaired) electrons. The van der Waals surface area contributed by atoms with Crippen LogP contribution in [0.5, 0.6) is 5.75 Å². The first-order valence-corrected chi connectivity index (χ1v) is 11.2. The molecule has 1 amide bonds. The number of ether oxygens (including phenoxy) is 1. The van der Waals surface area contributed by atoms with Crippen molar-refractivity contribution >= 4 is 34.7 Å². The summed E-state index contributed by atoms with van der Waals surface area (Å²) in [5.41, 5.74) is 4.03. The molecular formula is C24H23ClN6O3. The number of halogens is 1. The van der Waals surface area contributed by atoms with E-state index >= 15 is 0 Å². The fraction of sp³-hybridized carbons (Fsp3) is 0.250. The van der Waals surface area contributed by atoms with Gasteiger partial charge < -0.3 is 20.1 Å². The number of amides is 1. The summed E-state index contributed by atoms with van der Waals surface area (Å²) in [6.45, 7) is 2.63. The molecule has 1 aromatic carbocycles. The number of nitrogens with zero attached hydrogens (tertiary/aromatic N) is 5. The number of benzene rings is 1. The van der Waals surface area contributed by atoms with E-state index in [0.717, 1.165) is 16.6 Å². The average Bonchev–Trinajstić information content (AvgIpc) is 3.24. The largest absolute Gasteiger partial charge is 0.495 e. The van der Waals surface area contributed by atoms with E-state index in [-0.39, 0.29) is 11.8 Å². The van der Waals surface area contributed by atoms with Crippen molar-refractivity contribution in [1.29, 1.82) is 0 Å². The number of likely N-dealkylation sites (tertiary alicyclic amines) is 1. The lowest BCUT2D eigenvalue weighted by Gasteiger charge is -2.40. The van der Waals surface area contributed by atoms with Gasteiger partial charge in [0.2, 0.25) is 5.95 Å². The number of methoxy groups -OCH3 is 1. The molecule has 0 unspecified atom stereocenters. The van der Waals surface area contributed by atoms with Gasteiger partial charge in [0.15, 0.2) is 0 Å². The van der Waals surface area contributed by atoms with E-state index < -0.39 is 6.10 Å². The first kappa shape index (κ1) is 22.1. The van der Waals surface area contributed by atoms with Crippen LogP contribution in [0, 0.1) is 0 Å². The second-order valence-electron chi connectivity index (χ2n) is 8.18. The van der Waals surface area contributed by atoms with Gasteiger partial charge in [-0.1, -0.05) is 23.7 Å². The summed E-state index contributed by atoms with van der Waals surface area (Å²) in [6, 6.07) is 11.6. The first-order chi connectivity index (χ1) is 16.4. The fourth-order valence-corrected chi connectivity index (χ4v) is 4.25. The lowest BCUT2D eigenvalue weighted by molar-refractivity contribution is -0.143. The molecule has 10 heteroatoms. The minimum absolute atomic E-state index is 0.194. The van der Waals surface area contributed by atoms with Crippen LogP contribution in [-0.2, 0) is 4.79 Å². The van der Waals surface area contributed by atoms with Crippen molar-refractivity contribution in [3.8, 4) is 17.0 Å². The minimum atomic E-state index is -0.980. The van der Waals surface area contributed by atoms with Crippen LogP contribution in [0.15, 0.2) is 55.0 Å². The highest BCUT2D eigenvalue weighted by molar-refractivity contribution is 6.33. The van der Waals surface area contributed by atoms with Crippen molar-refractivity contribution in [2.75, 3.05) is 25.5 Å². The van der Waals surface area contributed by atoms with Crippen LogP contribution in [0.25, 0.3) is 16.8 Å². The Morgan fingerprint density at radius 1 is 1.26 bits per heavy atom. The lowest BCUT2D eigenvalue weighted by Crippen LogP contribution is -2.51. The van der Waals surface area contributed by atoms with E-state index in [0.29, 0.717) is 41.2 Å². The molecule has 0 aliphatic carbocycles. The molecule has 3 aromatic heterocycles. The van der Waals surface area contributed by atoms with Crippen LogP contribution in [0.2, 0.25) is 5.02 Å². The Hall–Kier alpha value is -3.69. The Bertz CT molecular complexity index is 1370. The lowest BCUT2D eigenvalue weighted by atomic mass is 9.90. The van der Waals surface area contributed by atoms with E-state index in [1.807, 2.05) is 42.6 Å². The number of fused-ring (bicyclic) bond motifs is 1. The standard InChI is InChI=1S/C24H23ClN6O3/c1-14(32)23(33)30-12-16(13-30)15-6-7-19(21(9-15)34-2)28-24-26-11-18(25)22(29-24)17-10-27-31-8-4-3-5-20(17)31/h3-11,14,16,32H,12-13H2,1-2H3,(H,26,28,29)/t14-/m1/s1. The summed E-state index contributed by atoms with van der Waals surface area (Å²) in [4.78, 5) is 22.5. The van der Waals surface area contributed by atoms with Crippen LogP contribution in [0.4, 0.5) is 11.6 Å². The molecule has 1 aliphatic rings. The molecule has 1 saturated heterocycles. The van der Waals surface area contributed by atoms with E-state index in [1.165, 1.54) is 6.92 Å². The van der Waals surface area contributed by atoms with Gasteiger partial charge in [0.1, 0.15) is 11.9 Å². The molecule has 4 heterocycles. The SMILES string of the molecule is COc1cc(C2CN(C(=O)[C@@H](C)O)C2)ccc1Nc1ncc(Cl)c(-c2cnn3ccccc23)n1. The predicted octanol–water partition coefficient (Wildman–Crippen LogP) is 3.50. The molecule has 4 aromatic rings. The Balaban J connectivity index is 1.38. The fourth-order valence-electron chi connectivity index (χ4n) is 4.05.